The maximum Gasteiger partial charge on any atom is 0.324 e. The Morgan fingerprint density at radius 1 is 1.12 bits per heavy atom. The molecule has 0 spiro atoms. The maximum absolute atomic E-state index is 13.8. The van der Waals surface area contributed by atoms with Gasteiger partial charge in [-0.3, -0.25) is 14.8 Å². The summed E-state index contributed by atoms with van der Waals surface area (Å²) in [5, 5.41) is 0. The fraction of sp³-hybridized carbons (Fsp3) is 0.333. The van der Waals surface area contributed by atoms with Crippen LogP contribution >= 0.6 is 0 Å². The molecule has 0 aliphatic carbocycles. The predicted molar refractivity (Wildman–Crippen MR) is 89.2 cm³/mol. The van der Waals surface area contributed by atoms with E-state index in [1.54, 1.807) is 12.3 Å². The van der Waals surface area contributed by atoms with Crippen molar-refractivity contribution >= 4 is 11.7 Å². The van der Waals surface area contributed by atoms with Gasteiger partial charge in [-0.1, -0.05) is 18.2 Å². The van der Waals surface area contributed by atoms with Crippen molar-refractivity contribution in [2.45, 2.75) is 12.6 Å². The number of para-hydroxylation sites is 1. The summed E-state index contributed by atoms with van der Waals surface area (Å²) in [5.41, 5.74) is 1.59. The first-order chi connectivity index (χ1) is 11.7. The van der Waals surface area contributed by atoms with Crippen LogP contribution in [0.3, 0.4) is 0 Å². The zero-order valence-corrected chi connectivity index (χ0v) is 13.3. The molecule has 3 heterocycles. The number of amides is 2. The zero-order valence-electron chi connectivity index (χ0n) is 13.3. The molecule has 2 fully saturated rings. The number of hydrogen-bond donors (Lipinski definition) is 0. The summed E-state index contributed by atoms with van der Waals surface area (Å²) in [6.45, 7) is 3.43. The minimum atomic E-state index is -0.270. The molecule has 2 saturated heterocycles. The quantitative estimate of drug-likeness (QED) is 0.869. The normalized spacial score (nSPS) is 21.2. The molecule has 0 N–H and O–H groups in total. The third kappa shape index (κ3) is 2.73. The van der Waals surface area contributed by atoms with Gasteiger partial charge in [-0.2, -0.15) is 0 Å². The monoisotopic (exact) mass is 326 g/mol. The second-order valence-corrected chi connectivity index (χ2v) is 6.28. The van der Waals surface area contributed by atoms with Gasteiger partial charge in [-0.25, -0.2) is 9.18 Å². The van der Waals surface area contributed by atoms with Gasteiger partial charge in [0.2, 0.25) is 0 Å². The van der Waals surface area contributed by atoms with Crippen LogP contribution in [0.4, 0.5) is 14.9 Å². The lowest BCUT2D eigenvalue weighted by Gasteiger charge is -2.36. The van der Waals surface area contributed by atoms with Crippen molar-refractivity contribution in [1.82, 2.24) is 14.8 Å². The summed E-state index contributed by atoms with van der Waals surface area (Å²) in [6, 6.07) is 11.7. The molecule has 2 aliphatic heterocycles. The molecule has 0 saturated carbocycles. The van der Waals surface area contributed by atoms with Crippen molar-refractivity contribution in [3.8, 4) is 0 Å². The number of pyridine rings is 1. The molecule has 5 nitrogen and oxygen atoms in total. The first-order valence-corrected chi connectivity index (χ1v) is 8.16. The minimum absolute atomic E-state index is 0.0703. The van der Waals surface area contributed by atoms with Crippen LogP contribution in [0, 0.1) is 5.82 Å². The number of anilines is 1. The van der Waals surface area contributed by atoms with Crippen molar-refractivity contribution in [3.63, 3.8) is 0 Å². The van der Waals surface area contributed by atoms with Crippen LogP contribution in [0.15, 0.2) is 48.8 Å². The van der Waals surface area contributed by atoms with Crippen molar-refractivity contribution in [3.05, 3.63) is 60.2 Å². The Kier molecular flexibility index (Phi) is 3.90. The molecule has 1 aromatic carbocycles. The Labute approximate surface area is 140 Å². The fourth-order valence-corrected chi connectivity index (χ4v) is 3.51. The number of halogens is 1. The number of carbonyl (C=O) groups excluding carboxylic acids is 1. The average Bonchev–Trinajstić information content (AvgIpc) is 2.94. The highest BCUT2D eigenvalue weighted by molar-refractivity contribution is 5.94. The smallest absolute Gasteiger partial charge is 0.317 e. The fourth-order valence-electron chi connectivity index (χ4n) is 3.51. The van der Waals surface area contributed by atoms with Gasteiger partial charge in [-0.05, 0) is 18.2 Å². The molecule has 0 radical (unpaired) electrons. The van der Waals surface area contributed by atoms with E-state index in [2.05, 4.69) is 9.88 Å². The summed E-state index contributed by atoms with van der Waals surface area (Å²) in [6.07, 6.45) is 2.87. The number of piperazine rings is 1. The molecule has 124 valence electrons. The van der Waals surface area contributed by atoms with Crippen LogP contribution in [-0.2, 0) is 6.54 Å². The zero-order chi connectivity index (χ0) is 16.5. The van der Waals surface area contributed by atoms with E-state index in [1.165, 1.54) is 6.20 Å². The lowest BCUT2D eigenvalue weighted by Crippen LogP contribution is -2.51. The van der Waals surface area contributed by atoms with E-state index in [0.29, 0.717) is 25.2 Å². The second-order valence-electron chi connectivity index (χ2n) is 6.28. The predicted octanol–water partition coefficient (Wildman–Crippen LogP) is 2.35. The molecular weight excluding hydrogens is 307 g/mol. The third-order valence-electron chi connectivity index (χ3n) is 4.76. The van der Waals surface area contributed by atoms with Crippen molar-refractivity contribution in [1.29, 1.82) is 0 Å². The lowest BCUT2D eigenvalue weighted by molar-refractivity contribution is 0.116. The summed E-state index contributed by atoms with van der Waals surface area (Å²) in [4.78, 5) is 22.4. The van der Waals surface area contributed by atoms with Gasteiger partial charge in [0.15, 0.2) is 0 Å². The SMILES string of the molecule is O=C1N(c2ccccc2)C[C@H]2CN(Cc3ccncc3F)CCN12. The van der Waals surface area contributed by atoms with Gasteiger partial charge in [0.25, 0.3) is 0 Å². The number of benzene rings is 1. The van der Waals surface area contributed by atoms with Crippen LogP contribution in [-0.4, -0.2) is 53.0 Å². The van der Waals surface area contributed by atoms with E-state index in [9.17, 15) is 9.18 Å². The van der Waals surface area contributed by atoms with Gasteiger partial charge >= 0.3 is 6.03 Å². The Morgan fingerprint density at radius 2 is 1.96 bits per heavy atom. The van der Waals surface area contributed by atoms with E-state index in [4.69, 9.17) is 0 Å². The number of aromatic nitrogens is 1. The summed E-state index contributed by atoms with van der Waals surface area (Å²) < 4.78 is 13.8. The highest BCUT2D eigenvalue weighted by Gasteiger charge is 2.41. The number of fused-ring (bicyclic) bond motifs is 1. The van der Waals surface area contributed by atoms with E-state index in [-0.39, 0.29) is 17.9 Å². The molecule has 6 heteroatoms. The van der Waals surface area contributed by atoms with Gasteiger partial charge in [0.05, 0.1) is 12.2 Å². The first-order valence-electron chi connectivity index (χ1n) is 8.16. The third-order valence-corrected chi connectivity index (χ3v) is 4.76. The number of hydrogen-bond acceptors (Lipinski definition) is 3. The maximum atomic E-state index is 13.8. The van der Waals surface area contributed by atoms with Gasteiger partial charge in [0, 0.05) is 50.2 Å². The molecule has 24 heavy (non-hydrogen) atoms. The van der Waals surface area contributed by atoms with Crippen LogP contribution in [0.2, 0.25) is 0 Å². The topological polar surface area (TPSA) is 39.7 Å². The molecular formula is C18H19FN4O. The van der Waals surface area contributed by atoms with Crippen molar-refractivity contribution in [2.75, 3.05) is 31.1 Å². The molecule has 1 atom stereocenters. The van der Waals surface area contributed by atoms with Crippen LogP contribution in [0.5, 0.6) is 0 Å². The molecule has 0 unspecified atom stereocenters. The van der Waals surface area contributed by atoms with Crippen LogP contribution in [0.1, 0.15) is 5.56 Å². The van der Waals surface area contributed by atoms with Crippen LogP contribution < -0.4 is 4.90 Å². The van der Waals surface area contributed by atoms with E-state index in [1.807, 2.05) is 40.1 Å². The molecule has 1 aromatic heterocycles. The average molecular weight is 326 g/mol. The van der Waals surface area contributed by atoms with Gasteiger partial charge in [-0.15, -0.1) is 0 Å². The second kappa shape index (κ2) is 6.20. The number of nitrogens with zero attached hydrogens (tertiary/aromatic N) is 4. The van der Waals surface area contributed by atoms with E-state index >= 15 is 0 Å². The Balaban J connectivity index is 1.46. The molecule has 2 aliphatic rings. The number of urea groups is 1. The number of carbonyl (C=O) groups is 1. The molecule has 4 rings (SSSR count). The van der Waals surface area contributed by atoms with Gasteiger partial charge in [0.1, 0.15) is 5.82 Å². The van der Waals surface area contributed by atoms with Crippen molar-refractivity contribution in [2.24, 2.45) is 0 Å². The van der Waals surface area contributed by atoms with Crippen LogP contribution in [0.25, 0.3) is 0 Å². The lowest BCUT2D eigenvalue weighted by atomic mass is 10.1. The Morgan fingerprint density at radius 3 is 2.75 bits per heavy atom. The van der Waals surface area contributed by atoms with Gasteiger partial charge < -0.3 is 4.90 Å². The first kappa shape index (κ1) is 15.1. The van der Waals surface area contributed by atoms with E-state index < -0.39 is 0 Å². The Hall–Kier alpha value is -2.47. The summed E-state index contributed by atoms with van der Waals surface area (Å²) in [7, 11) is 0. The summed E-state index contributed by atoms with van der Waals surface area (Å²) >= 11 is 0. The highest BCUT2D eigenvalue weighted by atomic mass is 19.1. The van der Waals surface area contributed by atoms with E-state index in [0.717, 1.165) is 18.8 Å². The molecule has 2 amide bonds. The molecule has 2 aromatic rings. The Bertz CT molecular complexity index is 739. The standard InChI is InChI=1S/C18H19FN4O/c19-17-10-20-7-6-14(17)11-21-8-9-22-16(12-21)13-23(18(22)24)15-4-2-1-3-5-15/h1-7,10,16H,8-9,11-13H2/t16-/m1/s1. The largest absolute Gasteiger partial charge is 0.324 e. The molecule has 0 bridgehead atoms. The number of rotatable bonds is 3. The van der Waals surface area contributed by atoms with Crippen molar-refractivity contribution < 1.29 is 9.18 Å². The minimum Gasteiger partial charge on any atom is -0.317 e. The summed E-state index contributed by atoms with van der Waals surface area (Å²) in [5.74, 6) is -0.270. The highest BCUT2D eigenvalue weighted by Crippen LogP contribution is 2.26.